The molecule has 7 heteroatoms. The molecule has 0 aliphatic carbocycles. The van der Waals surface area contributed by atoms with Gasteiger partial charge in [-0.25, -0.2) is 4.98 Å². The number of rotatable bonds is 1. The Morgan fingerprint density at radius 3 is 2.81 bits per heavy atom. The van der Waals surface area contributed by atoms with E-state index in [1.165, 1.54) is 0 Å². The van der Waals surface area contributed by atoms with Crippen molar-refractivity contribution in [1.82, 2.24) is 20.1 Å². The van der Waals surface area contributed by atoms with Crippen LogP contribution < -0.4 is 11.1 Å². The molecule has 0 aromatic carbocycles. The quantitative estimate of drug-likeness (QED) is 0.817. The molecule has 0 radical (unpaired) electrons. The van der Waals surface area contributed by atoms with Crippen LogP contribution in [0, 0.1) is 11.3 Å². The number of anilines is 1. The van der Waals surface area contributed by atoms with Crippen LogP contribution in [0.2, 0.25) is 0 Å². The second-order valence-electron chi connectivity index (χ2n) is 7.98. The molecule has 0 bridgehead atoms. The summed E-state index contributed by atoms with van der Waals surface area (Å²) in [5.41, 5.74) is 9.71. The summed E-state index contributed by atoms with van der Waals surface area (Å²) in [7, 11) is 0. The number of aromatic nitrogens is 3. The molecule has 0 unspecified atom stereocenters. The number of hydrogen-bond acceptors (Lipinski definition) is 6. The first kappa shape index (κ1) is 17.0. The molecular weight excluding hydrogens is 328 g/mol. The molecule has 2 aromatic heterocycles. The number of nitrogen functional groups attached to an aromatic ring is 1. The fraction of sp³-hybridized carbons (Fsp3) is 0.526. The average molecular weight is 352 g/mol. The monoisotopic (exact) mass is 352 g/mol. The fourth-order valence-electron chi connectivity index (χ4n) is 4.22. The lowest BCUT2D eigenvalue weighted by Gasteiger charge is -2.24. The van der Waals surface area contributed by atoms with Crippen molar-refractivity contribution in [3.8, 4) is 17.3 Å². The minimum Gasteiger partial charge on any atom is -0.383 e. The van der Waals surface area contributed by atoms with Crippen LogP contribution in [-0.4, -0.2) is 21.3 Å². The summed E-state index contributed by atoms with van der Waals surface area (Å²) in [4.78, 5) is 4.54. The molecule has 0 saturated heterocycles. The summed E-state index contributed by atoms with van der Waals surface area (Å²) in [5, 5.41) is 18.0. The van der Waals surface area contributed by atoms with Gasteiger partial charge in [-0.3, -0.25) is 4.68 Å². The van der Waals surface area contributed by atoms with Crippen molar-refractivity contribution in [2.45, 2.75) is 58.4 Å². The van der Waals surface area contributed by atoms with Crippen LogP contribution in [-0.2, 0) is 29.0 Å². The molecule has 2 aromatic rings. The van der Waals surface area contributed by atoms with Crippen LogP contribution in [0.15, 0.2) is 6.07 Å². The van der Waals surface area contributed by atoms with Crippen LogP contribution >= 0.6 is 0 Å². The van der Waals surface area contributed by atoms with Gasteiger partial charge in [-0.05, 0) is 46.7 Å². The van der Waals surface area contributed by atoms with Gasteiger partial charge in [0, 0.05) is 24.2 Å². The number of aryl methyl sites for hydroxylation is 1. The van der Waals surface area contributed by atoms with Crippen LogP contribution in [0.4, 0.5) is 5.82 Å². The highest BCUT2D eigenvalue weighted by molar-refractivity contribution is 5.79. The Bertz CT molecular complexity index is 911. The standard InChI is InChI=1S/C19H24N6O/c1-18(2)15-14(13-8-11-10-22-6-5-7-25(11)24-13)12(9-20)17(21)23-16(15)19(3,4)26-18/h8,22H,5-7,10H2,1-4H3,(H2,21,23). The Hall–Kier alpha value is -2.43. The van der Waals surface area contributed by atoms with Crippen molar-refractivity contribution in [2.24, 2.45) is 0 Å². The van der Waals surface area contributed by atoms with E-state index in [4.69, 9.17) is 15.6 Å². The number of nitrogens with two attached hydrogens (primary N) is 1. The summed E-state index contributed by atoms with van der Waals surface area (Å²) in [6.07, 6.45) is 1.03. The van der Waals surface area contributed by atoms with Crippen LogP contribution in [0.1, 0.15) is 56.6 Å². The first-order chi connectivity index (χ1) is 12.2. The van der Waals surface area contributed by atoms with Gasteiger partial charge in [-0.15, -0.1) is 0 Å². The van der Waals surface area contributed by atoms with E-state index >= 15 is 0 Å². The second-order valence-corrected chi connectivity index (χ2v) is 7.98. The fourth-order valence-corrected chi connectivity index (χ4v) is 4.22. The summed E-state index contributed by atoms with van der Waals surface area (Å²) >= 11 is 0. The smallest absolute Gasteiger partial charge is 0.142 e. The first-order valence-electron chi connectivity index (χ1n) is 8.97. The maximum Gasteiger partial charge on any atom is 0.142 e. The van der Waals surface area contributed by atoms with E-state index in [0.717, 1.165) is 54.3 Å². The van der Waals surface area contributed by atoms with Gasteiger partial charge in [0.1, 0.15) is 23.1 Å². The Labute approximate surface area is 153 Å². The van der Waals surface area contributed by atoms with Crippen LogP contribution in [0.5, 0.6) is 0 Å². The number of hydrogen-bond donors (Lipinski definition) is 2. The van der Waals surface area contributed by atoms with Crippen molar-refractivity contribution in [1.29, 1.82) is 5.26 Å². The molecule has 0 amide bonds. The van der Waals surface area contributed by atoms with Crippen molar-refractivity contribution in [3.05, 3.63) is 28.6 Å². The summed E-state index contributed by atoms with van der Waals surface area (Å²) in [5.74, 6) is 0.233. The van der Waals surface area contributed by atoms with Crippen molar-refractivity contribution < 1.29 is 4.74 Å². The van der Waals surface area contributed by atoms with Gasteiger partial charge in [-0.2, -0.15) is 10.4 Å². The van der Waals surface area contributed by atoms with Crippen molar-refractivity contribution in [3.63, 3.8) is 0 Å². The summed E-state index contributed by atoms with van der Waals surface area (Å²) in [6.45, 7) is 10.6. The lowest BCUT2D eigenvalue weighted by atomic mass is 9.87. The molecule has 26 heavy (non-hydrogen) atoms. The predicted molar refractivity (Wildman–Crippen MR) is 98.0 cm³/mol. The molecule has 3 N–H and O–H groups in total. The van der Waals surface area contributed by atoms with Crippen LogP contribution in [0.25, 0.3) is 11.3 Å². The molecule has 0 spiro atoms. The third-order valence-corrected chi connectivity index (χ3v) is 5.17. The number of pyridine rings is 1. The maximum atomic E-state index is 9.78. The lowest BCUT2D eigenvalue weighted by molar-refractivity contribution is -0.106. The van der Waals surface area contributed by atoms with E-state index < -0.39 is 11.2 Å². The molecule has 0 fully saturated rings. The largest absolute Gasteiger partial charge is 0.383 e. The molecule has 0 saturated carbocycles. The Kier molecular flexibility index (Phi) is 3.62. The van der Waals surface area contributed by atoms with Gasteiger partial charge in [-0.1, -0.05) is 0 Å². The number of fused-ring (bicyclic) bond motifs is 2. The van der Waals surface area contributed by atoms with E-state index in [9.17, 15) is 5.26 Å². The van der Waals surface area contributed by atoms with Gasteiger partial charge < -0.3 is 15.8 Å². The van der Waals surface area contributed by atoms with E-state index in [1.54, 1.807) is 0 Å². The molecule has 2 aliphatic heterocycles. The van der Waals surface area contributed by atoms with E-state index in [1.807, 2.05) is 32.4 Å². The van der Waals surface area contributed by atoms with Crippen molar-refractivity contribution >= 4 is 5.82 Å². The van der Waals surface area contributed by atoms with Crippen molar-refractivity contribution in [2.75, 3.05) is 12.3 Å². The zero-order chi connectivity index (χ0) is 18.7. The number of nitrogens with one attached hydrogen (secondary N) is 1. The minimum atomic E-state index is -0.584. The highest BCUT2D eigenvalue weighted by atomic mass is 16.5. The number of nitriles is 1. The highest BCUT2D eigenvalue weighted by Crippen LogP contribution is 2.51. The zero-order valence-corrected chi connectivity index (χ0v) is 15.7. The summed E-state index contributed by atoms with van der Waals surface area (Å²) < 4.78 is 8.29. The molecule has 4 rings (SSSR count). The minimum absolute atomic E-state index is 0.233. The predicted octanol–water partition coefficient (Wildman–Crippen LogP) is 2.39. The number of ether oxygens (including phenoxy) is 1. The first-order valence-corrected chi connectivity index (χ1v) is 8.97. The molecule has 2 aliphatic rings. The molecular formula is C19H24N6O. The average Bonchev–Trinajstić information content (AvgIpc) is 2.92. The molecule has 136 valence electrons. The van der Waals surface area contributed by atoms with Gasteiger partial charge in [0.2, 0.25) is 0 Å². The highest BCUT2D eigenvalue weighted by Gasteiger charge is 2.47. The Balaban J connectivity index is 2.02. The lowest BCUT2D eigenvalue weighted by Crippen LogP contribution is -2.23. The molecule has 0 atom stereocenters. The zero-order valence-electron chi connectivity index (χ0n) is 15.7. The topological polar surface area (TPSA) is 102 Å². The van der Waals surface area contributed by atoms with E-state index in [2.05, 4.69) is 22.4 Å². The third kappa shape index (κ3) is 2.41. The van der Waals surface area contributed by atoms with Gasteiger partial charge >= 0.3 is 0 Å². The third-order valence-electron chi connectivity index (χ3n) is 5.17. The van der Waals surface area contributed by atoms with Gasteiger partial charge in [0.25, 0.3) is 0 Å². The Morgan fingerprint density at radius 2 is 2.08 bits per heavy atom. The van der Waals surface area contributed by atoms with E-state index in [0.29, 0.717) is 5.56 Å². The Morgan fingerprint density at radius 1 is 1.31 bits per heavy atom. The number of nitrogens with zero attached hydrogens (tertiary/aromatic N) is 4. The maximum absolute atomic E-state index is 9.78. The summed E-state index contributed by atoms with van der Waals surface area (Å²) in [6, 6.07) is 4.29. The van der Waals surface area contributed by atoms with Crippen LogP contribution in [0.3, 0.4) is 0 Å². The molecule has 4 heterocycles. The molecule has 7 nitrogen and oxygen atoms in total. The van der Waals surface area contributed by atoms with Gasteiger partial charge in [0.15, 0.2) is 0 Å². The van der Waals surface area contributed by atoms with E-state index in [-0.39, 0.29) is 5.82 Å². The normalized spacial score (nSPS) is 20.1. The second kappa shape index (κ2) is 5.53. The van der Waals surface area contributed by atoms with Gasteiger partial charge in [0.05, 0.1) is 22.7 Å². The SMILES string of the molecule is CC1(C)OC(C)(C)c2c1nc(N)c(C#N)c2-c1cc2n(n1)CCCNC2.